The summed E-state index contributed by atoms with van der Waals surface area (Å²) in [6.45, 7) is 0.0870. The first-order valence-electron chi connectivity index (χ1n) is 14.5. The second-order valence-electron chi connectivity index (χ2n) is 11.6. The largest absolute Gasteiger partial charge is 0.573 e. The van der Waals surface area contributed by atoms with Crippen LogP contribution in [0.5, 0.6) is 5.75 Å². The summed E-state index contributed by atoms with van der Waals surface area (Å²) in [5.74, 6) is -0.429. The van der Waals surface area contributed by atoms with Crippen molar-refractivity contribution in [3.63, 3.8) is 0 Å². The van der Waals surface area contributed by atoms with E-state index in [-0.39, 0.29) is 59.3 Å². The maximum atomic E-state index is 13.3. The number of ether oxygens (including phenoxy) is 2. The number of sulfonamides is 1. The van der Waals surface area contributed by atoms with E-state index in [4.69, 9.17) is 9.26 Å². The molecule has 3 fully saturated rings. The van der Waals surface area contributed by atoms with Gasteiger partial charge in [-0.3, -0.25) is 4.79 Å². The minimum Gasteiger partial charge on any atom is -0.405 e. The number of amides is 3. The van der Waals surface area contributed by atoms with E-state index in [1.54, 1.807) is 23.1 Å². The number of nitrogens with one attached hydrogen (secondary N) is 2. The van der Waals surface area contributed by atoms with Crippen molar-refractivity contribution >= 4 is 27.6 Å². The van der Waals surface area contributed by atoms with Crippen LogP contribution < -0.4 is 14.8 Å². The van der Waals surface area contributed by atoms with Gasteiger partial charge in [-0.1, -0.05) is 23.4 Å². The van der Waals surface area contributed by atoms with E-state index in [0.717, 1.165) is 31.9 Å². The first-order valence-corrected chi connectivity index (χ1v) is 16.4. The van der Waals surface area contributed by atoms with Gasteiger partial charge in [0, 0.05) is 40.4 Å². The van der Waals surface area contributed by atoms with Crippen LogP contribution in [-0.4, -0.2) is 61.2 Å². The number of piperidine rings is 1. The van der Waals surface area contributed by atoms with Crippen molar-refractivity contribution in [2.45, 2.75) is 75.6 Å². The number of rotatable bonds is 9. The van der Waals surface area contributed by atoms with E-state index < -0.39 is 22.3 Å². The molecule has 3 aliphatic rings. The monoisotopic (exact) mass is 648 g/mol. The fraction of sp³-hybridized carbons (Fsp3) is 0.433. The Labute approximate surface area is 257 Å². The maximum Gasteiger partial charge on any atom is 0.573 e. The molecule has 2 unspecified atom stereocenters. The van der Waals surface area contributed by atoms with Gasteiger partial charge >= 0.3 is 12.4 Å². The summed E-state index contributed by atoms with van der Waals surface area (Å²) in [5.41, 5.74) is 1.45. The molecule has 2 aromatic carbocycles. The zero-order valence-corrected chi connectivity index (χ0v) is 25.0. The average Bonchev–Trinajstić information content (AvgIpc) is 3.66. The fourth-order valence-electron chi connectivity index (χ4n) is 6.16. The number of para-hydroxylation sites is 1. The van der Waals surface area contributed by atoms with Gasteiger partial charge in [0.25, 0.3) is 5.91 Å². The molecule has 0 radical (unpaired) electrons. The van der Waals surface area contributed by atoms with E-state index in [1.807, 2.05) is 4.72 Å². The zero-order chi connectivity index (χ0) is 31.9. The lowest BCUT2D eigenvalue weighted by molar-refractivity contribution is -0.274. The summed E-state index contributed by atoms with van der Waals surface area (Å²) in [5, 5.41) is 6.95. The molecule has 2 bridgehead atoms. The normalized spacial score (nSPS) is 21.4. The zero-order valence-electron chi connectivity index (χ0n) is 24.2. The Morgan fingerprint density at radius 1 is 1.04 bits per heavy atom. The van der Waals surface area contributed by atoms with Crippen molar-refractivity contribution in [2.75, 3.05) is 11.6 Å². The number of hydrogen-bond acceptors (Lipinski definition) is 8. The van der Waals surface area contributed by atoms with E-state index >= 15 is 0 Å². The van der Waals surface area contributed by atoms with Gasteiger partial charge in [-0.15, -0.1) is 13.2 Å². The Hall–Kier alpha value is -4.11. The number of alkyl halides is 3. The summed E-state index contributed by atoms with van der Waals surface area (Å²) in [4.78, 5) is 27.3. The molecule has 2 N–H and O–H groups in total. The minimum absolute atomic E-state index is 0.0829. The Morgan fingerprint density at radius 3 is 2.42 bits per heavy atom. The van der Waals surface area contributed by atoms with E-state index in [1.165, 1.54) is 30.3 Å². The number of nitrogens with zero attached hydrogens (tertiary/aromatic N) is 2. The molecule has 3 heterocycles. The summed E-state index contributed by atoms with van der Waals surface area (Å²) in [6, 6.07) is 11.3. The van der Waals surface area contributed by atoms with Crippen molar-refractivity contribution in [2.24, 2.45) is 0 Å². The van der Waals surface area contributed by atoms with Crippen molar-refractivity contribution < 1.29 is 45.2 Å². The Bertz CT molecular complexity index is 1690. The number of carbonyl (C=O) groups is 2. The Balaban J connectivity index is 1.12. The third-order valence-corrected chi connectivity index (χ3v) is 8.73. The van der Waals surface area contributed by atoms with Gasteiger partial charge < -0.3 is 24.2 Å². The van der Waals surface area contributed by atoms with Crippen molar-refractivity contribution in [1.82, 2.24) is 14.8 Å². The predicted molar refractivity (Wildman–Crippen MR) is 155 cm³/mol. The lowest BCUT2D eigenvalue weighted by atomic mass is 9.99. The topological polar surface area (TPSA) is 140 Å². The predicted octanol–water partition coefficient (Wildman–Crippen LogP) is 5.55. The number of carbonyl (C=O) groups excluding carboxylic acids is 2. The molecule has 6 rings (SSSR count). The van der Waals surface area contributed by atoms with E-state index in [0.29, 0.717) is 29.9 Å². The summed E-state index contributed by atoms with van der Waals surface area (Å²) < 4.78 is 80.3. The van der Waals surface area contributed by atoms with Crippen LogP contribution in [0.1, 0.15) is 66.1 Å². The van der Waals surface area contributed by atoms with Crippen LogP contribution in [0.4, 0.5) is 23.7 Å². The highest BCUT2D eigenvalue weighted by Crippen LogP contribution is 2.46. The number of urea groups is 1. The first-order chi connectivity index (χ1) is 21.3. The Kier molecular flexibility index (Phi) is 8.24. The van der Waals surface area contributed by atoms with Crippen molar-refractivity contribution in [1.29, 1.82) is 0 Å². The molecular weight excluding hydrogens is 617 g/mol. The van der Waals surface area contributed by atoms with Gasteiger partial charge in [-0.25, -0.2) is 17.9 Å². The summed E-state index contributed by atoms with van der Waals surface area (Å²) >= 11 is 0. The number of halogens is 3. The third-order valence-electron chi connectivity index (χ3n) is 8.18. The smallest absolute Gasteiger partial charge is 0.405 e. The fourth-order valence-corrected chi connectivity index (χ4v) is 6.62. The van der Waals surface area contributed by atoms with Gasteiger partial charge in [0.05, 0.1) is 19.0 Å². The van der Waals surface area contributed by atoms with Gasteiger partial charge in [0.2, 0.25) is 10.0 Å². The molecule has 3 aromatic rings. The van der Waals surface area contributed by atoms with Crippen LogP contribution in [0.25, 0.3) is 11.3 Å². The van der Waals surface area contributed by atoms with Crippen LogP contribution in [0, 0.1) is 0 Å². The summed E-state index contributed by atoms with van der Waals surface area (Å²) in [6.07, 6.45) is 0.282. The molecule has 2 aliphatic heterocycles. The molecule has 15 heteroatoms. The average molecular weight is 649 g/mol. The van der Waals surface area contributed by atoms with Gasteiger partial charge in [0.1, 0.15) is 17.2 Å². The quantitative estimate of drug-likeness (QED) is 0.308. The van der Waals surface area contributed by atoms with Crippen LogP contribution in [0.3, 0.4) is 0 Å². The number of fused-ring (bicyclic) bond motifs is 2. The molecule has 1 saturated carbocycles. The maximum absolute atomic E-state index is 13.3. The molecule has 2 saturated heterocycles. The third kappa shape index (κ3) is 7.25. The summed E-state index contributed by atoms with van der Waals surface area (Å²) in [7, 11) is -3.75. The molecule has 2 atom stereocenters. The van der Waals surface area contributed by atoms with E-state index in [9.17, 15) is 31.2 Å². The van der Waals surface area contributed by atoms with Crippen LogP contribution in [0.2, 0.25) is 0 Å². The van der Waals surface area contributed by atoms with Crippen LogP contribution >= 0.6 is 0 Å². The van der Waals surface area contributed by atoms with E-state index in [2.05, 4.69) is 15.2 Å². The Morgan fingerprint density at radius 2 is 1.76 bits per heavy atom. The van der Waals surface area contributed by atoms with Crippen molar-refractivity contribution in [3.8, 4) is 17.0 Å². The lowest BCUT2D eigenvalue weighted by Crippen LogP contribution is -2.50. The molecule has 0 spiro atoms. The highest BCUT2D eigenvalue weighted by Gasteiger charge is 2.44. The standard InChI is InChI=1S/C30H31F3N4O7S/c1-45(40,41)36-28(38)18-5-4-6-19(13-18)34-29(39)37-20-11-12-21(37)15-22(14-20)42-16-24-26(35-44-27(24)17-9-10-17)23-7-2-3-8-25(23)43-30(31,32)33/h2-8,13,17,20-22H,9-12,14-16H2,1H3,(H,34,39)(H,36,38). The van der Waals surface area contributed by atoms with Gasteiger partial charge in [-0.2, -0.15) is 0 Å². The van der Waals surface area contributed by atoms with Gasteiger partial charge in [-0.05, 0) is 68.9 Å². The highest BCUT2D eigenvalue weighted by atomic mass is 32.2. The second-order valence-corrected chi connectivity index (χ2v) is 13.4. The second kappa shape index (κ2) is 12.0. The number of anilines is 1. The molecule has 1 aromatic heterocycles. The lowest BCUT2D eigenvalue weighted by Gasteiger charge is -2.38. The minimum atomic E-state index is -4.87. The van der Waals surface area contributed by atoms with Crippen LogP contribution in [0.15, 0.2) is 53.1 Å². The number of benzene rings is 2. The first kappa shape index (κ1) is 30.9. The number of hydrogen-bond donors (Lipinski definition) is 2. The SMILES string of the molecule is CS(=O)(=O)NC(=O)c1cccc(NC(=O)N2C3CCC2CC(OCc2c(-c4ccccc4OC(F)(F)F)noc2C2CC2)C3)c1. The molecule has 240 valence electrons. The van der Waals surface area contributed by atoms with Crippen molar-refractivity contribution in [3.05, 3.63) is 65.4 Å². The van der Waals surface area contributed by atoms with Gasteiger partial charge in [0.15, 0.2) is 0 Å². The molecular formula is C30H31F3N4O7S. The molecule has 11 nitrogen and oxygen atoms in total. The van der Waals surface area contributed by atoms with Crippen LogP contribution in [-0.2, 0) is 21.4 Å². The molecule has 3 amide bonds. The highest BCUT2D eigenvalue weighted by molar-refractivity contribution is 7.89. The molecule has 1 aliphatic carbocycles. The molecule has 45 heavy (non-hydrogen) atoms. The number of aromatic nitrogens is 1.